The van der Waals surface area contributed by atoms with Crippen molar-refractivity contribution in [2.45, 2.75) is 27.7 Å². The molecule has 0 bridgehead atoms. The Hall–Kier alpha value is -4.44. The Morgan fingerprint density at radius 2 is 1.81 bits per heavy atom. The number of benzene rings is 2. The molecule has 2 heterocycles. The Bertz CT molecular complexity index is 1440. The zero-order chi connectivity index (χ0) is 26.0. The van der Waals surface area contributed by atoms with Crippen molar-refractivity contribution >= 4 is 17.9 Å². The lowest BCUT2D eigenvalue weighted by Gasteiger charge is -2.28. The number of hydrogen-bond donors (Lipinski definition) is 0. The van der Waals surface area contributed by atoms with E-state index in [1.54, 1.807) is 24.8 Å². The smallest absolute Gasteiger partial charge is 0.271 e. The van der Waals surface area contributed by atoms with E-state index in [9.17, 15) is 14.9 Å². The van der Waals surface area contributed by atoms with Crippen molar-refractivity contribution in [2.24, 2.45) is 5.92 Å². The van der Waals surface area contributed by atoms with E-state index in [-0.39, 0.29) is 18.0 Å². The standard InChI is InChI=1S/C29H28N4O3/c1-18(2)16-32-28(34)24(20(4)25(15-30)29(32)35)14-22-17-33(23-9-7-6-8-10-23)31-27(22)21-11-12-26(36-5)19(3)13-21/h6-14,17-18H,16H2,1-5H3/b24-14+. The van der Waals surface area contributed by atoms with Gasteiger partial charge in [0.15, 0.2) is 0 Å². The van der Waals surface area contributed by atoms with Crippen molar-refractivity contribution in [3.05, 3.63) is 82.6 Å². The van der Waals surface area contributed by atoms with Crippen LogP contribution in [0.1, 0.15) is 31.9 Å². The zero-order valence-corrected chi connectivity index (χ0v) is 21.1. The van der Waals surface area contributed by atoms with E-state index >= 15 is 0 Å². The Morgan fingerprint density at radius 3 is 2.42 bits per heavy atom. The molecule has 0 saturated heterocycles. The minimum Gasteiger partial charge on any atom is -0.496 e. The molecule has 0 radical (unpaired) electrons. The SMILES string of the molecule is COc1ccc(-c2nn(-c3ccccc3)cc2/C=C2/C(=O)N(CC(C)C)C(=O)C(C#N)=C2C)cc1C. The van der Waals surface area contributed by atoms with Gasteiger partial charge in [0, 0.05) is 29.4 Å². The number of rotatable bonds is 6. The summed E-state index contributed by atoms with van der Waals surface area (Å²) in [6, 6.07) is 17.5. The number of carbonyl (C=O) groups excluding carboxylic acids is 2. The van der Waals surface area contributed by atoms with Crippen molar-refractivity contribution in [3.63, 3.8) is 0 Å². The van der Waals surface area contributed by atoms with Gasteiger partial charge in [-0.3, -0.25) is 14.5 Å². The number of aryl methyl sites for hydroxylation is 1. The van der Waals surface area contributed by atoms with E-state index < -0.39 is 11.8 Å². The first kappa shape index (κ1) is 24.7. The third-order valence-electron chi connectivity index (χ3n) is 6.10. The molecule has 0 atom stereocenters. The summed E-state index contributed by atoms with van der Waals surface area (Å²) in [5, 5.41) is 14.5. The van der Waals surface area contributed by atoms with Crippen LogP contribution in [0.25, 0.3) is 23.0 Å². The molecule has 0 N–H and O–H groups in total. The summed E-state index contributed by atoms with van der Waals surface area (Å²) in [4.78, 5) is 27.5. The summed E-state index contributed by atoms with van der Waals surface area (Å²) in [6.45, 7) is 7.69. The molecule has 2 amide bonds. The molecule has 7 nitrogen and oxygen atoms in total. The molecule has 0 fully saturated rings. The fourth-order valence-corrected chi connectivity index (χ4v) is 4.27. The molecule has 0 spiro atoms. The quantitative estimate of drug-likeness (QED) is 0.362. The summed E-state index contributed by atoms with van der Waals surface area (Å²) in [7, 11) is 1.63. The predicted molar refractivity (Wildman–Crippen MR) is 138 cm³/mol. The average Bonchev–Trinajstić information content (AvgIpc) is 3.29. The summed E-state index contributed by atoms with van der Waals surface area (Å²) in [5.41, 5.74) is 4.71. The number of nitriles is 1. The second-order valence-electron chi connectivity index (χ2n) is 9.18. The van der Waals surface area contributed by atoms with E-state index in [0.29, 0.717) is 22.4 Å². The molecule has 0 unspecified atom stereocenters. The Labute approximate surface area is 210 Å². The third kappa shape index (κ3) is 4.58. The number of hydrogen-bond acceptors (Lipinski definition) is 5. The van der Waals surface area contributed by atoms with Gasteiger partial charge in [-0.2, -0.15) is 10.4 Å². The van der Waals surface area contributed by atoms with Gasteiger partial charge in [-0.05, 0) is 67.3 Å². The fraction of sp³-hybridized carbons (Fsp3) is 0.241. The largest absolute Gasteiger partial charge is 0.496 e. The van der Waals surface area contributed by atoms with Crippen LogP contribution in [0.3, 0.4) is 0 Å². The molecule has 0 aliphatic carbocycles. The monoisotopic (exact) mass is 480 g/mol. The zero-order valence-electron chi connectivity index (χ0n) is 21.1. The molecule has 4 rings (SSSR count). The highest BCUT2D eigenvalue weighted by atomic mass is 16.5. The van der Waals surface area contributed by atoms with E-state index in [0.717, 1.165) is 22.6 Å². The maximum absolute atomic E-state index is 13.5. The van der Waals surface area contributed by atoms with Crippen LogP contribution >= 0.6 is 0 Å². The van der Waals surface area contributed by atoms with Gasteiger partial charge < -0.3 is 4.74 Å². The van der Waals surface area contributed by atoms with Gasteiger partial charge in [0.25, 0.3) is 11.8 Å². The van der Waals surface area contributed by atoms with E-state index in [1.165, 1.54) is 4.90 Å². The van der Waals surface area contributed by atoms with Crippen molar-refractivity contribution in [3.8, 4) is 28.8 Å². The molecule has 1 aliphatic heterocycles. The molecule has 1 aliphatic rings. The van der Waals surface area contributed by atoms with Gasteiger partial charge in [0.1, 0.15) is 17.4 Å². The molecule has 7 heteroatoms. The van der Waals surface area contributed by atoms with Crippen LogP contribution in [-0.2, 0) is 9.59 Å². The van der Waals surface area contributed by atoms with Gasteiger partial charge in [-0.1, -0.05) is 32.0 Å². The summed E-state index contributed by atoms with van der Waals surface area (Å²) >= 11 is 0. The van der Waals surface area contributed by atoms with Crippen LogP contribution in [0, 0.1) is 24.2 Å². The van der Waals surface area contributed by atoms with Crippen LogP contribution in [-0.4, -0.2) is 40.1 Å². The van der Waals surface area contributed by atoms with Crippen molar-refractivity contribution < 1.29 is 14.3 Å². The number of nitrogens with zero attached hydrogens (tertiary/aromatic N) is 4. The van der Waals surface area contributed by atoms with Crippen molar-refractivity contribution in [1.29, 1.82) is 5.26 Å². The fourth-order valence-electron chi connectivity index (χ4n) is 4.27. The summed E-state index contributed by atoms with van der Waals surface area (Å²) < 4.78 is 7.17. The van der Waals surface area contributed by atoms with E-state index in [4.69, 9.17) is 9.84 Å². The van der Waals surface area contributed by atoms with Crippen LogP contribution in [0.5, 0.6) is 5.75 Å². The number of aromatic nitrogens is 2. The number of para-hydroxylation sites is 1. The highest BCUT2D eigenvalue weighted by Gasteiger charge is 2.36. The maximum Gasteiger partial charge on any atom is 0.271 e. The Morgan fingerprint density at radius 1 is 1.08 bits per heavy atom. The molecule has 0 saturated carbocycles. The van der Waals surface area contributed by atoms with Crippen molar-refractivity contribution in [2.75, 3.05) is 13.7 Å². The van der Waals surface area contributed by atoms with Crippen LogP contribution in [0.15, 0.2) is 71.4 Å². The highest BCUT2D eigenvalue weighted by Crippen LogP contribution is 2.33. The third-order valence-corrected chi connectivity index (χ3v) is 6.10. The van der Waals surface area contributed by atoms with E-state index in [2.05, 4.69) is 0 Å². The number of carbonyl (C=O) groups is 2. The Kier molecular flexibility index (Phi) is 6.89. The molecular weight excluding hydrogens is 452 g/mol. The first-order valence-corrected chi connectivity index (χ1v) is 11.7. The normalized spacial score (nSPS) is 15.1. The second kappa shape index (κ2) is 10.0. The lowest BCUT2D eigenvalue weighted by Crippen LogP contribution is -2.44. The maximum atomic E-state index is 13.5. The van der Waals surface area contributed by atoms with Crippen molar-refractivity contribution in [1.82, 2.24) is 14.7 Å². The molecular formula is C29H28N4O3. The minimum atomic E-state index is -0.545. The number of amides is 2. The lowest BCUT2D eigenvalue weighted by molar-refractivity contribution is -0.141. The summed E-state index contributed by atoms with van der Waals surface area (Å²) in [5.74, 6) is -0.119. The topological polar surface area (TPSA) is 88.2 Å². The van der Waals surface area contributed by atoms with Gasteiger partial charge >= 0.3 is 0 Å². The number of methoxy groups -OCH3 is 1. The van der Waals surface area contributed by atoms with Crippen LogP contribution < -0.4 is 4.74 Å². The first-order valence-electron chi connectivity index (χ1n) is 11.7. The predicted octanol–water partition coefficient (Wildman–Crippen LogP) is 5.10. The molecule has 2 aromatic carbocycles. The lowest BCUT2D eigenvalue weighted by atomic mass is 9.92. The molecule has 182 valence electrons. The van der Waals surface area contributed by atoms with Crippen LogP contribution in [0.4, 0.5) is 0 Å². The van der Waals surface area contributed by atoms with E-state index in [1.807, 2.05) is 81.6 Å². The highest BCUT2D eigenvalue weighted by molar-refractivity contribution is 6.19. The number of imide groups is 1. The second-order valence-corrected chi connectivity index (χ2v) is 9.18. The van der Waals surface area contributed by atoms with Gasteiger partial charge in [0.2, 0.25) is 0 Å². The minimum absolute atomic E-state index is 0.0150. The number of ether oxygens (including phenoxy) is 1. The van der Waals surface area contributed by atoms with Gasteiger partial charge in [-0.25, -0.2) is 4.68 Å². The average molecular weight is 481 g/mol. The van der Waals surface area contributed by atoms with Gasteiger partial charge in [-0.15, -0.1) is 0 Å². The summed E-state index contributed by atoms with van der Waals surface area (Å²) in [6.07, 6.45) is 3.59. The van der Waals surface area contributed by atoms with Crippen LogP contribution in [0.2, 0.25) is 0 Å². The van der Waals surface area contributed by atoms with Gasteiger partial charge in [0.05, 0.1) is 18.5 Å². The molecule has 1 aromatic heterocycles. The molecule has 36 heavy (non-hydrogen) atoms. The first-order chi connectivity index (χ1) is 17.2. The Balaban J connectivity index is 1.92. The molecule has 3 aromatic rings.